The lowest BCUT2D eigenvalue weighted by atomic mass is 9.99. The van der Waals surface area contributed by atoms with E-state index in [1.807, 2.05) is 6.92 Å². The second-order valence-corrected chi connectivity index (χ2v) is 4.40. The van der Waals surface area contributed by atoms with E-state index >= 15 is 0 Å². The number of amides is 1. The Morgan fingerprint density at radius 3 is 2.57 bits per heavy atom. The van der Waals surface area contributed by atoms with Gasteiger partial charge in [0.15, 0.2) is 0 Å². The Bertz CT molecular complexity index is 188. The third kappa shape index (κ3) is 2.98. The molecule has 0 aromatic rings. The smallest absolute Gasteiger partial charge is 0.237 e. The maximum atomic E-state index is 11.7. The van der Waals surface area contributed by atoms with E-state index in [9.17, 15) is 4.79 Å². The van der Waals surface area contributed by atoms with E-state index in [0.29, 0.717) is 6.04 Å². The fourth-order valence-corrected chi connectivity index (χ4v) is 1.88. The molecule has 0 heterocycles. The lowest BCUT2D eigenvalue weighted by Gasteiger charge is -2.20. The molecule has 1 aliphatic carbocycles. The Labute approximate surface area is 86.4 Å². The minimum absolute atomic E-state index is 0.0336. The van der Waals surface area contributed by atoms with Gasteiger partial charge in [0.25, 0.3) is 0 Å². The number of nitrogens with two attached hydrogens (primary N) is 1. The van der Waals surface area contributed by atoms with Crippen LogP contribution in [0, 0.1) is 5.92 Å². The van der Waals surface area contributed by atoms with Crippen LogP contribution in [0.5, 0.6) is 0 Å². The molecule has 0 bridgehead atoms. The lowest BCUT2D eigenvalue weighted by molar-refractivity contribution is -0.124. The number of hydrogen-bond donors (Lipinski definition) is 2. The molecule has 0 aromatic heterocycles. The SMILES string of the molecule is CC[C@H](C)[C@H](N)C(=O)NC1CCCC1. The molecule has 0 aromatic carbocycles. The number of carbonyl (C=O) groups excluding carboxylic acids is 1. The van der Waals surface area contributed by atoms with Crippen LogP contribution in [0.25, 0.3) is 0 Å². The third-order valence-corrected chi connectivity index (χ3v) is 3.26. The molecule has 0 saturated heterocycles. The van der Waals surface area contributed by atoms with E-state index < -0.39 is 0 Å². The van der Waals surface area contributed by atoms with Crippen molar-refractivity contribution in [2.24, 2.45) is 11.7 Å². The van der Waals surface area contributed by atoms with E-state index in [-0.39, 0.29) is 17.9 Å². The molecule has 1 aliphatic rings. The predicted octanol–water partition coefficient (Wildman–Crippen LogP) is 1.42. The standard InChI is InChI=1S/C11H22N2O/c1-3-8(2)10(12)11(14)13-9-6-4-5-7-9/h8-10H,3-7,12H2,1-2H3,(H,13,14)/t8-,10-/m0/s1. The quantitative estimate of drug-likeness (QED) is 0.717. The fourth-order valence-electron chi connectivity index (χ4n) is 1.88. The van der Waals surface area contributed by atoms with Crippen molar-refractivity contribution in [3.8, 4) is 0 Å². The summed E-state index contributed by atoms with van der Waals surface area (Å²) >= 11 is 0. The zero-order chi connectivity index (χ0) is 10.6. The van der Waals surface area contributed by atoms with Crippen LogP contribution in [-0.2, 0) is 4.79 Å². The van der Waals surface area contributed by atoms with Gasteiger partial charge in [-0.05, 0) is 18.8 Å². The van der Waals surface area contributed by atoms with Crippen molar-refractivity contribution < 1.29 is 4.79 Å². The largest absolute Gasteiger partial charge is 0.352 e. The van der Waals surface area contributed by atoms with Crippen LogP contribution in [-0.4, -0.2) is 18.0 Å². The topological polar surface area (TPSA) is 55.1 Å². The molecular formula is C11H22N2O. The highest BCUT2D eigenvalue weighted by Gasteiger charge is 2.23. The molecule has 3 nitrogen and oxygen atoms in total. The summed E-state index contributed by atoms with van der Waals surface area (Å²) in [6.07, 6.45) is 5.68. The van der Waals surface area contributed by atoms with E-state index in [1.54, 1.807) is 0 Å². The van der Waals surface area contributed by atoms with Gasteiger partial charge in [0, 0.05) is 6.04 Å². The summed E-state index contributed by atoms with van der Waals surface area (Å²) in [6.45, 7) is 4.09. The molecule has 0 spiro atoms. The van der Waals surface area contributed by atoms with Crippen LogP contribution in [0.2, 0.25) is 0 Å². The highest BCUT2D eigenvalue weighted by molar-refractivity contribution is 5.82. The van der Waals surface area contributed by atoms with Crippen LogP contribution in [0.1, 0.15) is 46.0 Å². The molecule has 1 rings (SSSR count). The summed E-state index contributed by atoms with van der Waals surface area (Å²) < 4.78 is 0. The van der Waals surface area contributed by atoms with Gasteiger partial charge in [-0.15, -0.1) is 0 Å². The van der Waals surface area contributed by atoms with Crippen LogP contribution < -0.4 is 11.1 Å². The highest BCUT2D eigenvalue weighted by Crippen LogP contribution is 2.18. The summed E-state index contributed by atoms with van der Waals surface area (Å²) in [5.74, 6) is 0.308. The highest BCUT2D eigenvalue weighted by atomic mass is 16.2. The maximum absolute atomic E-state index is 11.7. The van der Waals surface area contributed by atoms with Crippen molar-refractivity contribution in [2.45, 2.75) is 58.0 Å². The lowest BCUT2D eigenvalue weighted by Crippen LogP contribution is -2.47. The minimum atomic E-state index is -0.333. The Kier molecular flexibility index (Phi) is 4.39. The minimum Gasteiger partial charge on any atom is -0.352 e. The zero-order valence-electron chi connectivity index (χ0n) is 9.25. The number of rotatable bonds is 4. The van der Waals surface area contributed by atoms with Gasteiger partial charge in [-0.1, -0.05) is 33.1 Å². The van der Waals surface area contributed by atoms with Crippen molar-refractivity contribution in [3.63, 3.8) is 0 Å². The van der Waals surface area contributed by atoms with Crippen LogP contribution >= 0.6 is 0 Å². The first kappa shape index (κ1) is 11.5. The summed E-state index contributed by atoms with van der Waals surface area (Å²) in [6, 6.07) is 0.0539. The van der Waals surface area contributed by atoms with E-state index in [1.165, 1.54) is 12.8 Å². The molecule has 3 heteroatoms. The van der Waals surface area contributed by atoms with Crippen molar-refractivity contribution in [1.82, 2.24) is 5.32 Å². The molecule has 3 N–H and O–H groups in total. The van der Waals surface area contributed by atoms with Gasteiger partial charge in [0.2, 0.25) is 5.91 Å². The normalized spacial score (nSPS) is 21.9. The molecule has 0 aliphatic heterocycles. The van der Waals surface area contributed by atoms with Gasteiger partial charge in [0.1, 0.15) is 0 Å². The first-order valence-electron chi connectivity index (χ1n) is 5.71. The van der Waals surface area contributed by atoms with E-state index in [2.05, 4.69) is 12.2 Å². The molecule has 0 radical (unpaired) electrons. The van der Waals surface area contributed by atoms with Crippen LogP contribution in [0.4, 0.5) is 0 Å². The van der Waals surface area contributed by atoms with Crippen molar-refractivity contribution >= 4 is 5.91 Å². The second kappa shape index (κ2) is 5.35. The molecule has 0 unspecified atom stereocenters. The third-order valence-electron chi connectivity index (χ3n) is 3.26. The summed E-state index contributed by atoms with van der Waals surface area (Å²) in [4.78, 5) is 11.7. The van der Waals surface area contributed by atoms with Crippen molar-refractivity contribution in [3.05, 3.63) is 0 Å². The molecule has 2 atom stereocenters. The Morgan fingerprint density at radius 2 is 2.07 bits per heavy atom. The molecule has 1 amide bonds. The van der Waals surface area contributed by atoms with Gasteiger partial charge < -0.3 is 11.1 Å². The Hall–Kier alpha value is -0.570. The fraction of sp³-hybridized carbons (Fsp3) is 0.909. The summed E-state index contributed by atoms with van der Waals surface area (Å²) in [7, 11) is 0. The van der Waals surface area contributed by atoms with Gasteiger partial charge in [0.05, 0.1) is 6.04 Å². The van der Waals surface area contributed by atoms with E-state index in [4.69, 9.17) is 5.73 Å². The Balaban J connectivity index is 2.32. The first-order valence-corrected chi connectivity index (χ1v) is 5.71. The summed E-state index contributed by atoms with van der Waals surface area (Å²) in [5.41, 5.74) is 5.84. The average Bonchev–Trinajstić information content (AvgIpc) is 2.68. The number of hydrogen-bond acceptors (Lipinski definition) is 2. The van der Waals surface area contributed by atoms with Gasteiger partial charge in [-0.3, -0.25) is 4.79 Å². The number of nitrogens with one attached hydrogen (secondary N) is 1. The van der Waals surface area contributed by atoms with Gasteiger partial charge >= 0.3 is 0 Å². The molecule has 1 saturated carbocycles. The molecule has 14 heavy (non-hydrogen) atoms. The summed E-state index contributed by atoms with van der Waals surface area (Å²) in [5, 5.41) is 3.03. The average molecular weight is 198 g/mol. The maximum Gasteiger partial charge on any atom is 0.237 e. The van der Waals surface area contributed by atoms with Crippen LogP contribution in [0.3, 0.4) is 0 Å². The predicted molar refractivity (Wildman–Crippen MR) is 57.8 cm³/mol. The van der Waals surface area contributed by atoms with E-state index in [0.717, 1.165) is 19.3 Å². The van der Waals surface area contributed by atoms with Gasteiger partial charge in [-0.25, -0.2) is 0 Å². The second-order valence-electron chi connectivity index (χ2n) is 4.40. The Morgan fingerprint density at radius 1 is 1.50 bits per heavy atom. The van der Waals surface area contributed by atoms with Crippen molar-refractivity contribution in [2.75, 3.05) is 0 Å². The molecular weight excluding hydrogens is 176 g/mol. The van der Waals surface area contributed by atoms with Crippen molar-refractivity contribution in [1.29, 1.82) is 0 Å². The number of carbonyl (C=O) groups is 1. The molecule has 1 fully saturated rings. The zero-order valence-corrected chi connectivity index (χ0v) is 9.25. The monoisotopic (exact) mass is 198 g/mol. The van der Waals surface area contributed by atoms with Crippen LogP contribution in [0.15, 0.2) is 0 Å². The van der Waals surface area contributed by atoms with Gasteiger partial charge in [-0.2, -0.15) is 0 Å². The first-order chi connectivity index (χ1) is 6.65. The molecule has 82 valence electrons.